The largest absolute Gasteiger partial charge is 0.394 e. The Hall–Kier alpha value is -2.13. The van der Waals surface area contributed by atoms with Gasteiger partial charge in [0.05, 0.1) is 30.3 Å². The average Bonchev–Trinajstić information content (AvgIpc) is 3.31. The maximum absolute atomic E-state index is 14.7. The molecule has 8 aliphatic rings. The van der Waals surface area contributed by atoms with E-state index in [4.69, 9.17) is 28.4 Å². The maximum Gasteiger partial charge on any atom is 0.231 e. The SMILES string of the molecule is C[C@@H]1O[C@@H](O[C@H]2[C@H](O[C@H]3CC[C@]4(C)[C@H]5CC=C6[C@@H]7CC(C)(C)CC[C@]7(C(=O)Nc7ccccc7)CC[C@@]6(C)[C@]5(C)CC[C@H]4C3(C)C)O[C@H](CO)[C@@H](O[C@@H]3O[C@@H](C)[C@H](O)[C@@H](O)[C@H]3O)[C@@H]2O)[C@H](O)[C@H](O)[C@H]1O. The molecular weight excluding hydrogens is 903 g/mol. The first-order chi connectivity index (χ1) is 32.8. The molecule has 0 aromatic heterocycles. The van der Waals surface area contributed by atoms with Crippen molar-refractivity contribution in [2.45, 2.75) is 225 Å². The van der Waals surface area contributed by atoms with Crippen LogP contribution in [0.2, 0.25) is 0 Å². The van der Waals surface area contributed by atoms with Gasteiger partial charge in [0, 0.05) is 5.69 Å². The second-order valence-electron chi connectivity index (χ2n) is 25.0. The number of ether oxygens (including phenoxy) is 6. The number of allylic oxidation sites excluding steroid dienone is 2. The Labute approximate surface area is 413 Å². The number of fused-ring (bicyclic) bond motifs is 7. The van der Waals surface area contributed by atoms with Crippen LogP contribution in [0.25, 0.3) is 0 Å². The topological polar surface area (TPSA) is 246 Å². The Morgan fingerprint density at radius 2 is 1.26 bits per heavy atom. The monoisotopic (exact) mass is 986 g/mol. The van der Waals surface area contributed by atoms with E-state index in [1.54, 1.807) is 0 Å². The van der Waals surface area contributed by atoms with Crippen LogP contribution in [0.15, 0.2) is 42.0 Å². The first-order valence-corrected chi connectivity index (χ1v) is 26.2. The van der Waals surface area contributed by atoms with Crippen molar-refractivity contribution in [2.24, 2.45) is 50.2 Å². The van der Waals surface area contributed by atoms with Crippen LogP contribution in [0.4, 0.5) is 5.69 Å². The number of amides is 1. The molecule has 1 aromatic rings. The van der Waals surface area contributed by atoms with E-state index in [9.17, 15) is 45.6 Å². The van der Waals surface area contributed by atoms with Gasteiger partial charge in [0.1, 0.15) is 61.0 Å². The molecule has 1 aromatic carbocycles. The van der Waals surface area contributed by atoms with Gasteiger partial charge in [-0.15, -0.1) is 0 Å². The summed E-state index contributed by atoms with van der Waals surface area (Å²) in [6.45, 7) is 19.1. The van der Waals surface area contributed by atoms with Crippen molar-refractivity contribution in [3.8, 4) is 0 Å². The van der Waals surface area contributed by atoms with Crippen LogP contribution in [0.5, 0.6) is 0 Å². The van der Waals surface area contributed by atoms with Crippen LogP contribution in [-0.2, 0) is 33.2 Å². The van der Waals surface area contributed by atoms with E-state index in [-0.39, 0.29) is 39.4 Å². The zero-order valence-corrected chi connectivity index (χ0v) is 42.6. The molecule has 16 nitrogen and oxygen atoms in total. The molecule has 394 valence electrons. The van der Waals surface area contributed by atoms with Gasteiger partial charge < -0.3 is 74.6 Å². The summed E-state index contributed by atoms with van der Waals surface area (Å²) >= 11 is 0. The number of para-hydroxylation sites is 1. The fourth-order valence-corrected chi connectivity index (χ4v) is 15.8. The van der Waals surface area contributed by atoms with E-state index in [1.165, 1.54) is 19.4 Å². The van der Waals surface area contributed by atoms with Gasteiger partial charge in [0.25, 0.3) is 0 Å². The van der Waals surface area contributed by atoms with Gasteiger partial charge in [0.2, 0.25) is 5.91 Å². The van der Waals surface area contributed by atoms with Gasteiger partial charge in [-0.3, -0.25) is 4.79 Å². The van der Waals surface area contributed by atoms with Crippen molar-refractivity contribution < 1.29 is 74.1 Å². The number of aliphatic hydroxyl groups excluding tert-OH is 8. The third kappa shape index (κ3) is 8.47. The fraction of sp³-hybridized carbons (Fsp3) is 0.833. The minimum absolute atomic E-state index is 0.0354. The van der Waals surface area contributed by atoms with Gasteiger partial charge in [0.15, 0.2) is 18.9 Å². The van der Waals surface area contributed by atoms with Crippen molar-refractivity contribution in [3.63, 3.8) is 0 Å². The third-order valence-electron chi connectivity index (χ3n) is 20.4. The number of anilines is 1. The lowest BCUT2D eigenvalue weighted by Crippen LogP contribution is -2.68. The Morgan fingerprint density at radius 1 is 0.657 bits per heavy atom. The van der Waals surface area contributed by atoms with E-state index >= 15 is 0 Å². The van der Waals surface area contributed by atoms with Crippen LogP contribution in [-0.4, -0.2) is 152 Å². The molecule has 5 aliphatic carbocycles. The number of rotatable bonds is 9. The highest BCUT2D eigenvalue weighted by molar-refractivity contribution is 5.96. The van der Waals surface area contributed by atoms with Crippen molar-refractivity contribution in [1.29, 1.82) is 0 Å². The van der Waals surface area contributed by atoms with E-state index < -0.39 is 116 Å². The van der Waals surface area contributed by atoms with E-state index in [0.717, 1.165) is 63.5 Å². The van der Waals surface area contributed by atoms with Crippen molar-refractivity contribution in [3.05, 3.63) is 42.0 Å². The van der Waals surface area contributed by atoms with Gasteiger partial charge in [-0.2, -0.15) is 0 Å². The maximum atomic E-state index is 14.7. The molecule has 3 heterocycles. The molecule has 23 atom stereocenters. The first-order valence-electron chi connectivity index (χ1n) is 26.2. The molecular formula is C54H83NO15. The van der Waals surface area contributed by atoms with E-state index in [1.807, 2.05) is 30.3 Å². The smallest absolute Gasteiger partial charge is 0.231 e. The number of aliphatic hydroxyl groups is 8. The summed E-state index contributed by atoms with van der Waals surface area (Å²) in [6, 6.07) is 9.86. The second-order valence-corrected chi connectivity index (χ2v) is 25.0. The lowest BCUT2D eigenvalue weighted by Gasteiger charge is -2.71. The molecule has 3 aliphatic heterocycles. The molecule has 0 radical (unpaired) electrons. The molecule has 9 N–H and O–H groups in total. The van der Waals surface area contributed by atoms with Gasteiger partial charge >= 0.3 is 0 Å². The molecule has 0 spiro atoms. The predicted octanol–water partition coefficient (Wildman–Crippen LogP) is 4.32. The Bertz CT molecular complexity index is 2070. The summed E-state index contributed by atoms with van der Waals surface area (Å²) in [6.07, 6.45) is -10.7. The number of hydrogen-bond acceptors (Lipinski definition) is 15. The standard InChI is InChI=1S/C54H83NO15/c1-27-36(57)38(59)40(61)45(65-27)69-43-32(26-56)67-47(44(42(43)63)70-46-41(62)39(60)37(58)28(2)66-46)68-35-18-19-51(7)33(50(35,5)6)17-20-53(9)34(51)16-15-30-31-25-49(3,4)21-23-54(31,24-22-52(30,53)8)48(64)55-29-13-11-10-12-14-29/h10-15,27-28,31-47,56-63H,16-26H2,1-9H3,(H,55,64)/t27-,28-,31-,32+,33-,34+,35-,36-,37-,38+,39+,40+,41+,42-,43+,44+,45-,46-,47-,51-,52+,53+,54-/m0/s1. The molecule has 70 heavy (non-hydrogen) atoms. The quantitative estimate of drug-likeness (QED) is 0.124. The minimum Gasteiger partial charge on any atom is -0.394 e. The summed E-state index contributed by atoms with van der Waals surface area (Å²) in [5, 5.41) is 90.4. The second kappa shape index (κ2) is 18.9. The van der Waals surface area contributed by atoms with Crippen molar-refractivity contribution in [2.75, 3.05) is 11.9 Å². The molecule has 16 heteroatoms. The molecule has 7 fully saturated rings. The Balaban J connectivity index is 0.981. The minimum atomic E-state index is -1.73. The fourth-order valence-electron chi connectivity index (χ4n) is 15.8. The lowest BCUT2D eigenvalue weighted by atomic mass is 9.33. The summed E-state index contributed by atoms with van der Waals surface area (Å²) in [5.74, 6) is 0.858. The molecule has 3 saturated heterocycles. The lowest BCUT2D eigenvalue weighted by molar-refractivity contribution is -0.393. The Morgan fingerprint density at radius 3 is 1.87 bits per heavy atom. The number of carbonyl (C=O) groups is 1. The summed E-state index contributed by atoms with van der Waals surface area (Å²) in [4.78, 5) is 14.7. The van der Waals surface area contributed by atoms with Crippen molar-refractivity contribution in [1.82, 2.24) is 0 Å². The first kappa shape index (κ1) is 52.7. The molecule has 9 rings (SSSR count). The normalized spacial score (nSPS) is 50.9. The number of benzene rings is 1. The summed E-state index contributed by atoms with van der Waals surface area (Å²) in [5.41, 5.74) is 1.29. The van der Waals surface area contributed by atoms with Crippen molar-refractivity contribution >= 4 is 11.6 Å². The van der Waals surface area contributed by atoms with Gasteiger partial charge in [-0.25, -0.2) is 0 Å². The van der Waals surface area contributed by atoms with Crippen LogP contribution in [0.1, 0.15) is 127 Å². The van der Waals surface area contributed by atoms with E-state index in [0.29, 0.717) is 12.3 Å². The van der Waals surface area contributed by atoms with Gasteiger partial charge in [-0.05, 0) is 135 Å². The number of hydrogen-bond donors (Lipinski definition) is 9. The highest BCUT2D eigenvalue weighted by Crippen LogP contribution is 2.76. The highest BCUT2D eigenvalue weighted by Gasteiger charge is 2.70. The Kier molecular flexibility index (Phi) is 14.2. The zero-order valence-electron chi connectivity index (χ0n) is 42.6. The van der Waals surface area contributed by atoms with E-state index in [2.05, 4.69) is 59.9 Å². The number of nitrogens with one attached hydrogen (secondary N) is 1. The third-order valence-corrected chi connectivity index (χ3v) is 20.4. The summed E-state index contributed by atoms with van der Waals surface area (Å²) < 4.78 is 37.4. The number of carbonyl (C=O) groups excluding carboxylic acids is 1. The van der Waals surface area contributed by atoms with Crippen LogP contribution < -0.4 is 5.32 Å². The van der Waals surface area contributed by atoms with Gasteiger partial charge in [-0.1, -0.05) is 78.3 Å². The molecule has 0 bridgehead atoms. The summed E-state index contributed by atoms with van der Waals surface area (Å²) in [7, 11) is 0. The highest BCUT2D eigenvalue weighted by atomic mass is 16.8. The average molecular weight is 986 g/mol. The van der Waals surface area contributed by atoms with Crippen LogP contribution in [0, 0.1) is 50.2 Å². The molecule has 0 unspecified atom stereocenters. The molecule has 4 saturated carbocycles. The van der Waals surface area contributed by atoms with Crippen LogP contribution >= 0.6 is 0 Å². The molecule has 1 amide bonds. The van der Waals surface area contributed by atoms with Crippen LogP contribution in [0.3, 0.4) is 0 Å². The zero-order chi connectivity index (χ0) is 50.7. The predicted molar refractivity (Wildman–Crippen MR) is 255 cm³/mol.